The summed E-state index contributed by atoms with van der Waals surface area (Å²) in [6.45, 7) is 1.96. The van der Waals surface area contributed by atoms with Gasteiger partial charge < -0.3 is 0 Å². The Morgan fingerprint density at radius 2 is 2.44 bits per heavy atom. The number of aliphatic imine (C=N–C) groups is 1. The van der Waals surface area contributed by atoms with Crippen molar-refractivity contribution >= 4 is 6.21 Å². The van der Waals surface area contributed by atoms with E-state index < -0.39 is 0 Å². The second-order valence-electron chi connectivity index (χ2n) is 1.81. The highest BCUT2D eigenvalue weighted by Gasteiger charge is 2.07. The smallest absolute Gasteiger partial charge is 0.142 e. The highest BCUT2D eigenvalue weighted by Crippen LogP contribution is 2.03. The molecule has 1 aliphatic rings. The van der Waals surface area contributed by atoms with Crippen molar-refractivity contribution in [2.24, 2.45) is 4.99 Å². The van der Waals surface area contributed by atoms with Crippen LogP contribution in [0.15, 0.2) is 17.3 Å². The van der Waals surface area contributed by atoms with Gasteiger partial charge >= 0.3 is 0 Å². The van der Waals surface area contributed by atoms with Gasteiger partial charge in [-0.05, 0) is 13.0 Å². The molecule has 0 bridgehead atoms. The van der Waals surface area contributed by atoms with Gasteiger partial charge in [0.2, 0.25) is 0 Å². The monoisotopic (exact) mass is 126 g/mol. The van der Waals surface area contributed by atoms with Crippen LogP contribution >= 0.6 is 0 Å². The molecule has 3 nitrogen and oxygen atoms in total. The molecule has 50 valence electrons. The average molecular weight is 126 g/mol. The molecule has 0 aromatic carbocycles. The number of hydrogen-bond donors (Lipinski definition) is 0. The van der Waals surface area contributed by atoms with Gasteiger partial charge in [-0.1, -0.05) is 0 Å². The van der Waals surface area contributed by atoms with Crippen LogP contribution in [0.3, 0.4) is 0 Å². The van der Waals surface area contributed by atoms with E-state index in [9.17, 15) is 0 Å². The van der Waals surface area contributed by atoms with E-state index >= 15 is 0 Å². The minimum atomic E-state index is 0.111. The highest BCUT2D eigenvalue weighted by atomic mass is 16.7. The second kappa shape index (κ2) is 2.64. The van der Waals surface area contributed by atoms with Crippen molar-refractivity contribution in [1.82, 2.24) is 5.06 Å². The fourth-order valence-corrected chi connectivity index (χ4v) is 0.701. The third-order valence-corrected chi connectivity index (χ3v) is 1.20. The second-order valence-corrected chi connectivity index (χ2v) is 1.81. The quantitative estimate of drug-likeness (QED) is 0.519. The molecule has 0 fully saturated rings. The topological polar surface area (TPSA) is 24.8 Å². The molecule has 1 heterocycles. The summed E-state index contributed by atoms with van der Waals surface area (Å²) in [6, 6.07) is 0. The number of hydrogen-bond acceptors (Lipinski definition) is 3. The fraction of sp³-hybridized carbons (Fsp3) is 0.500. The minimum Gasteiger partial charge on any atom is -0.275 e. The molecular weight excluding hydrogens is 116 g/mol. The number of hydroxylamine groups is 2. The summed E-state index contributed by atoms with van der Waals surface area (Å²) >= 11 is 0. The van der Waals surface area contributed by atoms with Gasteiger partial charge in [-0.3, -0.25) is 9.83 Å². The largest absolute Gasteiger partial charge is 0.275 e. The van der Waals surface area contributed by atoms with Crippen LogP contribution in [0.5, 0.6) is 0 Å². The molecule has 1 unspecified atom stereocenters. The maximum Gasteiger partial charge on any atom is 0.142 e. The van der Waals surface area contributed by atoms with E-state index in [1.807, 2.05) is 19.2 Å². The van der Waals surface area contributed by atoms with Crippen LogP contribution in [0.2, 0.25) is 0 Å². The third-order valence-electron chi connectivity index (χ3n) is 1.20. The van der Waals surface area contributed by atoms with Gasteiger partial charge in [0.05, 0.1) is 7.11 Å². The molecular formula is C6H10N2O. The van der Waals surface area contributed by atoms with Gasteiger partial charge in [-0.2, -0.15) is 0 Å². The molecule has 0 N–H and O–H groups in total. The fourth-order valence-electron chi connectivity index (χ4n) is 0.701. The Kier molecular flexibility index (Phi) is 1.85. The molecule has 9 heavy (non-hydrogen) atoms. The Bertz CT molecular complexity index is 142. The predicted molar refractivity (Wildman–Crippen MR) is 35.9 cm³/mol. The normalized spacial score (nSPS) is 25.1. The van der Waals surface area contributed by atoms with E-state index in [4.69, 9.17) is 4.84 Å². The van der Waals surface area contributed by atoms with Gasteiger partial charge in [0.1, 0.15) is 6.17 Å². The van der Waals surface area contributed by atoms with Gasteiger partial charge in [0.25, 0.3) is 0 Å². The Balaban J connectivity index is 2.55. The summed E-state index contributed by atoms with van der Waals surface area (Å²) in [5.41, 5.74) is 0. The zero-order chi connectivity index (χ0) is 6.69. The molecule has 0 aromatic rings. The predicted octanol–water partition coefficient (Wildman–Crippen LogP) is 0.794. The Hall–Kier alpha value is -0.830. The Morgan fingerprint density at radius 3 is 2.89 bits per heavy atom. The number of rotatable bonds is 1. The van der Waals surface area contributed by atoms with E-state index in [1.165, 1.54) is 0 Å². The lowest BCUT2D eigenvalue weighted by atomic mass is 10.5. The summed E-state index contributed by atoms with van der Waals surface area (Å²) in [4.78, 5) is 9.01. The van der Waals surface area contributed by atoms with Crippen LogP contribution in [0.1, 0.15) is 6.92 Å². The number of nitrogens with zero attached hydrogens (tertiary/aromatic N) is 2. The first-order valence-electron chi connectivity index (χ1n) is 2.87. The first-order chi connectivity index (χ1) is 4.34. The summed E-state index contributed by atoms with van der Waals surface area (Å²) in [6.07, 6.45) is 5.56. The summed E-state index contributed by atoms with van der Waals surface area (Å²) in [7, 11) is 1.63. The molecule has 0 saturated carbocycles. The Morgan fingerprint density at radius 1 is 1.67 bits per heavy atom. The van der Waals surface area contributed by atoms with Crippen LogP contribution in [-0.2, 0) is 4.84 Å². The molecule has 1 atom stereocenters. The minimum absolute atomic E-state index is 0.111. The maximum absolute atomic E-state index is 4.94. The van der Waals surface area contributed by atoms with Crippen LogP contribution in [0, 0.1) is 0 Å². The molecule has 0 amide bonds. The van der Waals surface area contributed by atoms with Crippen LogP contribution in [-0.4, -0.2) is 24.6 Å². The lowest BCUT2D eigenvalue weighted by Crippen LogP contribution is -2.27. The summed E-state index contributed by atoms with van der Waals surface area (Å²) in [5.74, 6) is 0. The zero-order valence-electron chi connectivity index (χ0n) is 5.61. The van der Waals surface area contributed by atoms with Crippen molar-refractivity contribution in [2.75, 3.05) is 7.11 Å². The van der Waals surface area contributed by atoms with E-state index in [0.717, 1.165) is 0 Å². The van der Waals surface area contributed by atoms with Crippen molar-refractivity contribution in [3.63, 3.8) is 0 Å². The maximum atomic E-state index is 4.94. The molecule has 1 rings (SSSR count). The molecule has 3 heteroatoms. The van der Waals surface area contributed by atoms with Gasteiger partial charge in [-0.25, -0.2) is 5.06 Å². The van der Waals surface area contributed by atoms with Crippen LogP contribution in [0.25, 0.3) is 0 Å². The third kappa shape index (κ3) is 1.29. The van der Waals surface area contributed by atoms with Crippen molar-refractivity contribution in [3.8, 4) is 0 Å². The van der Waals surface area contributed by atoms with Crippen molar-refractivity contribution in [2.45, 2.75) is 13.1 Å². The SMILES string of the molecule is CON1C=CC=NC1C. The lowest BCUT2D eigenvalue weighted by Gasteiger charge is -2.22. The van der Waals surface area contributed by atoms with Crippen molar-refractivity contribution in [1.29, 1.82) is 0 Å². The first-order valence-corrected chi connectivity index (χ1v) is 2.87. The number of allylic oxidation sites excluding steroid dienone is 1. The van der Waals surface area contributed by atoms with E-state index in [2.05, 4.69) is 4.99 Å². The van der Waals surface area contributed by atoms with Crippen molar-refractivity contribution < 1.29 is 4.84 Å². The molecule has 0 radical (unpaired) electrons. The lowest BCUT2D eigenvalue weighted by molar-refractivity contribution is -0.113. The standard InChI is InChI=1S/C6H10N2O/c1-6-7-4-3-5-8(6)9-2/h3-6H,1-2H3. The summed E-state index contributed by atoms with van der Waals surface area (Å²) in [5, 5.41) is 1.68. The molecule has 1 aliphatic heterocycles. The van der Waals surface area contributed by atoms with Gasteiger partial charge in [0, 0.05) is 12.4 Å². The molecule has 0 saturated heterocycles. The van der Waals surface area contributed by atoms with Gasteiger partial charge in [-0.15, -0.1) is 0 Å². The molecule has 0 spiro atoms. The van der Waals surface area contributed by atoms with E-state index in [1.54, 1.807) is 18.4 Å². The summed E-state index contributed by atoms with van der Waals surface area (Å²) < 4.78 is 0. The van der Waals surface area contributed by atoms with E-state index in [-0.39, 0.29) is 6.17 Å². The van der Waals surface area contributed by atoms with Gasteiger partial charge in [0.15, 0.2) is 0 Å². The van der Waals surface area contributed by atoms with Crippen molar-refractivity contribution in [3.05, 3.63) is 12.3 Å². The zero-order valence-corrected chi connectivity index (χ0v) is 5.61. The average Bonchev–Trinajstić information content (AvgIpc) is 1.89. The Labute approximate surface area is 54.6 Å². The van der Waals surface area contributed by atoms with Crippen LogP contribution < -0.4 is 0 Å². The molecule has 0 aromatic heterocycles. The van der Waals surface area contributed by atoms with E-state index in [0.29, 0.717) is 0 Å². The molecule has 0 aliphatic carbocycles. The van der Waals surface area contributed by atoms with Crippen LogP contribution in [0.4, 0.5) is 0 Å². The first kappa shape index (κ1) is 6.29. The highest BCUT2D eigenvalue weighted by molar-refractivity contribution is 5.71.